The number of amides is 2. The lowest BCUT2D eigenvalue weighted by Crippen LogP contribution is -2.44. The van der Waals surface area contributed by atoms with Crippen molar-refractivity contribution in [1.29, 1.82) is 0 Å². The van der Waals surface area contributed by atoms with Crippen LogP contribution < -0.4 is 15.0 Å². The Morgan fingerprint density at radius 1 is 1.17 bits per heavy atom. The first-order valence-electron chi connectivity index (χ1n) is 13.4. The van der Waals surface area contributed by atoms with E-state index in [1.165, 1.54) is 0 Å². The maximum absolute atomic E-state index is 13.8. The molecule has 2 aromatic heterocycles. The van der Waals surface area contributed by atoms with Crippen LogP contribution in [0.3, 0.4) is 0 Å². The monoisotopic (exact) mass is 608 g/mol. The first-order valence-corrected chi connectivity index (χ1v) is 15.7. The number of rotatable bonds is 8. The van der Waals surface area contributed by atoms with Crippen LogP contribution in [-0.2, 0) is 14.3 Å². The Bertz CT molecular complexity index is 1520. The summed E-state index contributed by atoms with van der Waals surface area (Å²) in [6.07, 6.45) is 1.92. The fraction of sp³-hybridized carbons (Fsp3) is 0.300. The van der Waals surface area contributed by atoms with Crippen molar-refractivity contribution in [2.45, 2.75) is 24.2 Å². The highest BCUT2D eigenvalue weighted by Gasteiger charge is 2.38. The van der Waals surface area contributed by atoms with Crippen LogP contribution in [-0.4, -0.2) is 60.3 Å². The van der Waals surface area contributed by atoms with E-state index in [2.05, 4.69) is 16.8 Å². The highest BCUT2D eigenvalue weighted by molar-refractivity contribution is 8.00. The lowest BCUT2D eigenvalue weighted by molar-refractivity contribution is -0.123. The molecule has 8 nitrogen and oxygen atoms in total. The average molecular weight is 609 g/mol. The van der Waals surface area contributed by atoms with E-state index in [1.807, 2.05) is 53.9 Å². The van der Waals surface area contributed by atoms with E-state index < -0.39 is 0 Å². The van der Waals surface area contributed by atoms with E-state index in [0.29, 0.717) is 29.7 Å². The second kappa shape index (κ2) is 12.3. The number of thioether (sulfide) groups is 1. The zero-order chi connectivity index (χ0) is 28.3. The van der Waals surface area contributed by atoms with Gasteiger partial charge in [-0.05, 0) is 71.6 Å². The van der Waals surface area contributed by atoms with Crippen LogP contribution in [0.15, 0.2) is 65.4 Å². The molecule has 2 aromatic carbocycles. The van der Waals surface area contributed by atoms with Gasteiger partial charge in [0.15, 0.2) is 0 Å². The second-order valence-electron chi connectivity index (χ2n) is 9.87. The number of nitrogens with one attached hydrogen (secondary N) is 1. The molecule has 1 fully saturated rings. The highest BCUT2D eigenvalue weighted by atomic mass is 35.5. The van der Waals surface area contributed by atoms with E-state index >= 15 is 0 Å². The van der Waals surface area contributed by atoms with Crippen molar-refractivity contribution in [2.75, 3.05) is 37.5 Å². The van der Waals surface area contributed by atoms with Crippen LogP contribution in [0.5, 0.6) is 5.75 Å². The topological polar surface area (TPSA) is 85.7 Å². The summed E-state index contributed by atoms with van der Waals surface area (Å²) in [5.41, 5.74) is 4.31. The molecule has 0 unspecified atom stereocenters. The molecule has 0 spiro atoms. The number of anilines is 1. The Balaban J connectivity index is 1.50. The van der Waals surface area contributed by atoms with Gasteiger partial charge in [-0.2, -0.15) is 16.4 Å². The second-order valence-corrected chi connectivity index (χ2v) is 12.2. The standard InChI is InChI=1S/C30H29ClN4O4S2/c1-38-23-10-8-22(9-11-23)35-30-27(28(33-35)19-4-6-21(31)7-5-19)29(20-12-14-40-17-20)41-18-26(37)34(30)16-25(36)32-15-24-3-2-13-39-24/h4-12,14,17,24,29H,2-3,13,15-16,18H2,1H3,(H,32,36)/t24-,29-/m0/s1. The van der Waals surface area contributed by atoms with Gasteiger partial charge >= 0.3 is 0 Å². The normalized spacial score (nSPS) is 18.7. The number of hydrogen-bond acceptors (Lipinski definition) is 7. The molecule has 2 amide bonds. The zero-order valence-corrected chi connectivity index (χ0v) is 24.8. The van der Waals surface area contributed by atoms with Crippen LogP contribution >= 0.6 is 34.7 Å². The van der Waals surface area contributed by atoms with Crippen molar-refractivity contribution >= 4 is 52.3 Å². The van der Waals surface area contributed by atoms with E-state index in [-0.39, 0.29) is 35.5 Å². The molecule has 1 N–H and O–H groups in total. The molecule has 4 aromatic rings. The number of carbonyl (C=O) groups excluding carboxylic acids is 2. The van der Waals surface area contributed by atoms with Crippen molar-refractivity contribution in [1.82, 2.24) is 15.1 Å². The van der Waals surface area contributed by atoms with Crippen molar-refractivity contribution in [3.8, 4) is 22.7 Å². The van der Waals surface area contributed by atoms with Gasteiger partial charge in [0, 0.05) is 29.3 Å². The molecule has 4 heterocycles. The number of hydrogen-bond donors (Lipinski definition) is 1. The maximum atomic E-state index is 13.8. The first-order chi connectivity index (χ1) is 20.0. The molecule has 212 valence electrons. The van der Waals surface area contributed by atoms with Gasteiger partial charge in [-0.3, -0.25) is 14.5 Å². The Labute approximate surface area is 251 Å². The fourth-order valence-electron chi connectivity index (χ4n) is 5.16. The van der Waals surface area contributed by atoms with E-state index in [4.69, 9.17) is 26.2 Å². The summed E-state index contributed by atoms with van der Waals surface area (Å²) < 4.78 is 12.8. The summed E-state index contributed by atoms with van der Waals surface area (Å²) in [5, 5.41) is 12.7. The number of methoxy groups -OCH3 is 1. The Hall–Kier alpha value is -3.31. The van der Waals surface area contributed by atoms with E-state index in [0.717, 1.165) is 40.9 Å². The number of nitrogens with zero attached hydrogens (tertiary/aromatic N) is 3. The molecule has 2 atom stereocenters. The first kappa shape index (κ1) is 27.8. The average Bonchev–Trinajstić information content (AvgIpc) is 3.77. The van der Waals surface area contributed by atoms with Crippen molar-refractivity contribution in [3.05, 3.63) is 81.5 Å². The SMILES string of the molecule is COc1ccc(-n2nc(-c3ccc(Cl)cc3)c3c2N(CC(=O)NC[C@@H]2CCCO2)C(=O)CS[C@H]3c2ccsc2)cc1. The molecule has 41 heavy (non-hydrogen) atoms. The minimum absolute atomic E-state index is 0.00853. The molecular weight excluding hydrogens is 580 g/mol. The smallest absolute Gasteiger partial charge is 0.240 e. The third-order valence-electron chi connectivity index (χ3n) is 7.22. The predicted octanol–water partition coefficient (Wildman–Crippen LogP) is 5.73. The summed E-state index contributed by atoms with van der Waals surface area (Å²) in [5.74, 6) is 1.11. The van der Waals surface area contributed by atoms with Crippen LogP contribution in [0.4, 0.5) is 5.82 Å². The van der Waals surface area contributed by atoms with E-state index in [9.17, 15) is 9.59 Å². The minimum atomic E-state index is -0.241. The lowest BCUT2D eigenvalue weighted by atomic mass is 10.0. The molecular formula is C30H29ClN4O4S2. The molecule has 0 aliphatic carbocycles. The molecule has 0 radical (unpaired) electrons. The van der Waals surface area contributed by atoms with Crippen LogP contribution in [0.2, 0.25) is 5.02 Å². The highest BCUT2D eigenvalue weighted by Crippen LogP contribution is 2.49. The number of benzene rings is 2. The Morgan fingerprint density at radius 2 is 1.98 bits per heavy atom. The van der Waals surface area contributed by atoms with Gasteiger partial charge < -0.3 is 14.8 Å². The Kier molecular flexibility index (Phi) is 8.34. The van der Waals surface area contributed by atoms with Crippen molar-refractivity contribution < 1.29 is 19.1 Å². The maximum Gasteiger partial charge on any atom is 0.240 e. The summed E-state index contributed by atoms with van der Waals surface area (Å²) in [6.45, 7) is 1.01. The molecule has 0 saturated carbocycles. The van der Waals surface area contributed by atoms with Crippen LogP contribution in [0, 0.1) is 0 Å². The van der Waals surface area contributed by atoms with Gasteiger partial charge in [-0.15, -0.1) is 11.8 Å². The van der Waals surface area contributed by atoms with Crippen molar-refractivity contribution in [3.63, 3.8) is 0 Å². The molecule has 0 bridgehead atoms. The summed E-state index contributed by atoms with van der Waals surface area (Å²) >= 11 is 9.40. The number of fused-ring (bicyclic) bond motifs is 1. The van der Waals surface area contributed by atoms with Gasteiger partial charge in [-0.25, -0.2) is 4.68 Å². The molecule has 11 heteroatoms. The summed E-state index contributed by atoms with van der Waals surface area (Å²) in [6, 6.07) is 17.1. The number of aromatic nitrogens is 2. The largest absolute Gasteiger partial charge is 0.497 e. The zero-order valence-electron chi connectivity index (χ0n) is 22.4. The quantitative estimate of drug-likeness (QED) is 0.275. The van der Waals surface area contributed by atoms with Gasteiger partial charge in [0.1, 0.15) is 18.1 Å². The lowest BCUT2D eigenvalue weighted by Gasteiger charge is -2.23. The summed E-state index contributed by atoms with van der Waals surface area (Å²) in [7, 11) is 1.62. The number of halogens is 1. The minimum Gasteiger partial charge on any atom is -0.497 e. The van der Waals surface area contributed by atoms with Gasteiger partial charge in [0.2, 0.25) is 11.8 Å². The fourth-order valence-corrected chi connectivity index (χ4v) is 7.25. The van der Waals surface area contributed by atoms with Crippen LogP contribution in [0.25, 0.3) is 16.9 Å². The van der Waals surface area contributed by atoms with Gasteiger partial charge in [-0.1, -0.05) is 23.7 Å². The Morgan fingerprint density at radius 3 is 2.66 bits per heavy atom. The number of ether oxygens (including phenoxy) is 2. The van der Waals surface area contributed by atoms with E-state index in [1.54, 1.807) is 39.8 Å². The molecule has 6 rings (SSSR count). The molecule has 1 saturated heterocycles. The number of thiophene rings is 1. The van der Waals surface area contributed by atoms with Crippen molar-refractivity contribution in [2.24, 2.45) is 0 Å². The van der Waals surface area contributed by atoms with Gasteiger partial charge in [0.05, 0.1) is 35.6 Å². The summed E-state index contributed by atoms with van der Waals surface area (Å²) in [4.78, 5) is 28.6. The van der Waals surface area contributed by atoms with Gasteiger partial charge in [0.25, 0.3) is 0 Å². The molecule has 2 aliphatic rings. The molecule has 2 aliphatic heterocycles. The predicted molar refractivity (Wildman–Crippen MR) is 164 cm³/mol. The number of carbonyl (C=O) groups is 2. The third kappa shape index (κ3) is 5.88. The third-order valence-corrected chi connectivity index (χ3v) is 9.43. The van der Waals surface area contributed by atoms with Crippen LogP contribution in [0.1, 0.15) is 29.2 Å².